The maximum atomic E-state index is 11.6. The largest absolute Gasteiger partial charge is 0.480 e. The van der Waals surface area contributed by atoms with Crippen molar-refractivity contribution in [1.29, 1.82) is 0 Å². The molecule has 0 aromatic carbocycles. The summed E-state index contributed by atoms with van der Waals surface area (Å²) in [5, 5.41) is 12.2. The van der Waals surface area contributed by atoms with Crippen LogP contribution >= 0.6 is 0 Å². The van der Waals surface area contributed by atoms with Crippen LogP contribution in [0.15, 0.2) is 0 Å². The van der Waals surface area contributed by atoms with Gasteiger partial charge >= 0.3 is 18.2 Å². The Kier molecular flexibility index (Phi) is 4.89. The van der Waals surface area contributed by atoms with E-state index in [1.807, 2.05) is 10.6 Å². The molecule has 88 valence electrons. The summed E-state index contributed by atoms with van der Waals surface area (Å²) < 4.78 is 34.9. The molecule has 0 aliphatic rings. The number of carbonyl (C=O) groups is 2. The Labute approximate surface area is 83.6 Å². The van der Waals surface area contributed by atoms with Gasteiger partial charge in [-0.3, -0.25) is 4.79 Å². The van der Waals surface area contributed by atoms with Gasteiger partial charge in [-0.05, 0) is 6.92 Å². The predicted molar refractivity (Wildman–Crippen MR) is 44.3 cm³/mol. The molecule has 0 saturated carbocycles. The Hall–Kier alpha value is -1.47. The summed E-state index contributed by atoms with van der Waals surface area (Å²) in [4.78, 5) is 21.0. The lowest BCUT2D eigenvalue weighted by atomic mass is 10.3. The molecule has 0 radical (unpaired) electrons. The van der Waals surface area contributed by atoms with Gasteiger partial charge in [-0.1, -0.05) is 0 Å². The Balaban J connectivity index is 3.72. The van der Waals surface area contributed by atoms with Crippen LogP contribution in [0.25, 0.3) is 0 Å². The van der Waals surface area contributed by atoms with E-state index in [4.69, 9.17) is 5.11 Å². The number of carboxylic acid groups (broad SMARTS) is 1. The molecule has 0 aromatic rings. The second kappa shape index (κ2) is 5.42. The summed E-state index contributed by atoms with van der Waals surface area (Å²) in [6.07, 6.45) is -5.49. The fraction of sp³-hybridized carbons (Fsp3) is 0.714. The summed E-state index contributed by atoms with van der Waals surface area (Å²) in [7, 11) is 0. The van der Waals surface area contributed by atoms with Gasteiger partial charge in [-0.15, -0.1) is 0 Å². The summed E-state index contributed by atoms with van der Waals surface area (Å²) in [5.74, 6) is -1.26. The van der Waals surface area contributed by atoms with Gasteiger partial charge < -0.3 is 15.7 Å². The summed E-state index contributed by atoms with van der Waals surface area (Å²) in [6.45, 7) is 0.618. The van der Waals surface area contributed by atoms with Crippen LogP contribution in [0.5, 0.6) is 0 Å². The van der Waals surface area contributed by atoms with Crippen LogP contribution in [0.3, 0.4) is 0 Å². The van der Waals surface area contributed by atoms with Gasteiger partial charge in [0, 0.05) is 6.54 Å². The molecule has 0 fully saturated rings. The van der Waals surface area contributed by atoms with Gasteiger partial charge in [-0.2, -0.15) is 13.2 Å². The average molecular weight is 228 g/mol. The first kappa shape index (κ1) is 13.5. The molecule has 0 aliphatic heterocycles. The van der Waals surface area contributed by atoms with E-state index >= 15 is 0 Å². The maximum absolute atomic E-state index is 11.6. The minimum absolute atomic E-state index is 0.582. The first-order chi connectivity index (χ1) is 6.72. The molecular weight excluding hydrogens is 217 g/mol. The number of urea groups is 1. The zero-order valence-corrected chi connectivity index (χ0v) is 7.89. The van der Waals surface area contributed by atoms with E-state index in [9.17, 15) is 22.8 Å². The molecule has 0 saturated heterocycles. The monoisotopic (exact) mass is 228 g/mol. The van der Waals surface area contributed by atoms with Gasteiger partial charge in [0.15, 0.2) is 0 Å². The minimum atomic E-state index is -4.34. The standard InChI is InChI=1S/C7H11F3N2O3/c1-4(5(13)14)12-6(15)11-3-2-7(8,9)10/h4H,2-3H2,1H3,(H,13,14)(H2,11,12,15)/t4-/m0/s1. The van der Waals surface area contributed by atoms with E-state index in [2.05, 4.69) is 0 Å². The predicted octanol–water partition coefficient (Wildman–Crippen LogP) is 0.711. The fourth-order valence-electron chi connectivity index (χ4n) is 0.627. The zero-order valence-electron chi connectivity index (χ0n) is 7.89. The van der Waals surface area contributed by atoms with Crippen LogP contribution in [-0.4, -0.2) is 35.9 Å². The molecule has 0 aromatic heterocycles. The van der Waals surface area contributed by atoms with Crippen molar-refractivity contribution in [3.05, 3.63) is 0 Å². The number of nitrogens with one attached hydrogen (secondary N) is 2. The zero-order chi connectivity index (χ0) is 12.1. The van der Waals surface area contributed by atoms with Gasteiger partial charge in [-0.25, -0.2) is 4.79 Å². The van der Waals surface area contributed by atoms with Crippen LogP contribution in [0, 0.1) is 0 Å². The van der Waals surface area contributed by atoms with Crippen molar-refractivity contribution in [1.82, 2.24) is 10.6 Å². The topological polar surface area (TPSA) is 78.4 Å². The van der Waals surface area contributed by atoms with Crippen molar-refractivity contribution in [2.75, 3.05) is 6.54 Å². The molecule has 8 heteroatoms. The maximum Gasteiger partial charge on any atom is 0.390 e. The van der Waals surface area contributed by atoms with Crippen molar-refractivity contribution in [2.24, 2.45) is 0 Å². The van der Waals surface area contributed by atoms with Crippen molar-refractivity contribution in [3.8, 4) is 0 Å². The van der Waals surface area contributed by atoms with E-state index in [1.165, 1.54) is 6.92 Å². The van der Waals surface area contributed by atoms with Crippen LogP contribution in [0.4, 0.5) is 18.0 Å². The minimum Gasteiger partial charge on any atom is -0.480 e. The second-order valence-corrected chi connectivity index (χ2v) is 2.83. The Bertz CT molecular complexity index is 242. The number of rotatable bonds is 4. The van der Waals surface area contributed by atoms with Gasteiger partial charge in [0.25, 0.3) is 0 Å². The third-order valence-electron chi connectivity index (χ3n) is 1.41. The smallest absolute Gasteiger partial charge is 0.390 e. The lowest BCUT2D eigenvalue weighted by molar-refractivity contribution is -0.139. The Morgan fingerprint density at radius 1 is 1.40 bits per heavy atom. The average Bonchev–Trinajstić information content (AvgIpc) is 2.01. The molecule has 0 unspecified atom stereocenters. The number of halogens is 3. The normalized spacial score (nSPS) is 13.1. The highest BCUT2D eigenvalue weighted by atomic mass is 19.4. The molecule has 2 amide bonds. The van der Waals surface area contributed by atoms with E-state index in [0.717, 1.165) is 0 Å². The molecular formula is C7H11F3N2O3. The molecule has 0 aliphatic carbocycles. The highest BCUT2D eigenvalue weighted by Crippen LogP contribution is 2.17. The van der Waals surface area contributed by atoms with Crippen molar-refractivity contribution in [2.45, 2.75) is 25.6 Å². The van der Waals surface area contributed by atoms with Crippen LogP contribution in [0.1, 0.15) is 13.3 Å². The van der Waals surface area contributed by atoms with Crippen LogP contribution < -0.4 is 10.6 Å². The van der Waals surface area contributed by atoms with E-state index in [0.29, 0.717) is 0 Å². The summed E-state index contributed by atoms with van der Waals surface area (Å²) in [6, 6.07) is -2.08. The van der Waals surface area contributed by atoms with Crippen LogP contribution in [-0.2, 0) is 4.79 Å². The lowest BCUT2D eigenvalue weighted by Gasteiger charge is -2.11. The molecule has 1 atom stereocenters. The van der Waals surface area contributed by atoms with E-state index in [1.54, 1.807) is 0 Å². The molecule has 0 bridgehead atoms. The Morgan fingerprint density at radius 3 is 2.33 bits per heavy atom. The number of hydrogen-bond acceptors (Lipinski definition) is 2. The van der Waals surface area contributed by atoms with Gasteiger partial charge in [0.2, 0.25) is 0 Å². The summed E-state index contributed by atoms with van der Waals surface area (Å²) >= 11 is 0. The number of amides is 2. The Morgan fingerprint density at radius 2 is 1.93 bits per heavy atom. The third kappa shape index (κ3) is 7.59. The fourth-order valence-corrected chi connectivity index (χ4v) is 0.627. The number of hydrogen-bond donors (Lipinski definition) is 3. The molecule has 0 rings (SSSR count). The highest BCUT2D eigenvalue weighted by molar-refractivity contribution is 5.82. The summed E-state index contributed by atoms with van der Waals surface area (Å²) in [5.41, 5.74) is 0. The van der Waals surface area contributed by atoms with Crippen molar-refractivity contribution in [3.63, 3.8) is 0 Å². The van der Waals surface area contributed by atoms with Gasteiger partial charge in [0.1, 0.15) is 6.04 Å². The molecule has 3 N–H and O–H groups in total. The first-order valence-electron chi connectivity index (χ1n) is 4.06. The number of carboxylic acids is 1. The third-order valence-corrected chi connectivity index (χ3v) is 1.41. The van der Waals surface area contributed by atoms with Crippen molar-refractivity contribution < 1.29 is 27.9 Å². The van der Waals surface area contributed by atoms with E-state index < -0.39 is 37.2 Å². The van der Waals surface area contributed by atoms with Crippen molar-refractivity contribution >= 4 is 12.0 Å². The number of aliphatic carboxylic acids is 1. The molecule has 0 spiro atoms. The first-order valence-corrected chi connectivity index (χ1v) is 4.06. The van der Waals surface area contributed by atoms with Gasteiger partial charge in [0.05, 0.1) is 6.42 Å². The quantitative estimate of drug-likeness (QED) is 0.663. The lowest BCUT2D eigenvalue weighted by Crippen LogP contribution is -2.45. The highest BCUT2D eigenvalue weighted by Gasteiger charge is 2.26. The van der Waals surface area contributed by atoms with Crippen LogP contribution in [0.2, 0.25) is 0 Å². The number of carbonyl (C=O) groups excluding carboxylic acids is 1. The molecule has 0 heterocycles. The SMILES string of the molecule is C[C@H](NC(=O)NCCC(F)(F)F)C(=O)O. The molecule has 5 nitrogen and oxygen atoms in total. The number of alkyl halides is 3. The van der Waals surface area contributed by atoms with E-state index in [-0.39, 0.29) is 0 Å². The molecule has 15 heavy (non-hydrogen) atoms. The second-order valence-electron chi connectivity index (χ2n) is 2.83.